The highest BCUT2D eigenvalue weighted by Gasteiger charge is 2.12. The molecule has 2 aromatic rings. The van der Waals surface area contributed by atoms with Gasteiger partial charge in [0, 0.05) is 32.4 Å². The van der Waals surface area contributed by atoms with E-state index in [-0.39, 0.29) is 0 Å². The topological polar surface area (TPSA) is 28.2 Å². The van der Waals surface area contributed by atoms with Crippen molar-refractivity contribution in [2.24, 2.45) is 0 Å². The van der Waals surface area contributed by atoms with E-state index in [1.807, 2.05) is 23.6 Å². The lowest BCUT2D eigenvalue weighted by Crippen LogP contribution is -2.43. The van der Waals surface area contributed by atoms with Gasteiger partial charge in [-0.3, -0.25) is 4.98 Å². The maximum absolute atomic E-state index is 4.36. The van der Waals surface area contributed by atoms with Gasteiger partial charge >= 0.3 is 0 Å². The van der Waals surface area contributed by atoms with Crippen LogP contribution >= 0.6 is 11.3 Å². The Kier molecular flexibility index (Phi) is 2.31. The standard InChI is InChI=1S/C11H13N3S/c1-2-10-9(13-3-1)8-11(15-10)14-6-4-12-5-7-14/h1-3,8,12H,4-7H2. The predicted octanol–water partition coefficient (Wildman–Crippen LogP) is 1.71. The molecule has 2 aromatic heterocycles. The number of hydrogen-bond acceptors (Lipinski definition) is 4. The van der Waals surface area contributed by atoms with E-state index in [4.69, 9.17) is 0 Å². The van der Waals surface area contributed by atoms with Crippen LogP contribution in [0.1, 0.15) is 0 Å². The number of rotatable bonds is 1. The Labute approximate surface area is 92.7 Å². The van der Waals surface area contributed by atoms with Gasteiger partial charge in [-0.05, 0) is 18.2 Å². The maximum Gasteiger partial charge on any atom is 0.0938 e. The number of aromatic nitrogens is 1. The molecule has 0 atom stereocenters. The SMILES string of the molecule is c1cnc2cc(N3CCNCC3)sc2c1. The summed E-state index contributed by atoms with van der Waals surface area (Å²) < 4.78 is 1.28. The Morgan fingerprint density at radius 1 is 1.33 bits per heavy atom. The van der Waals surface area contributed by atoms with Gasteiger partial charge < -0.3 is 10.2 Å². The van der Waals surface area contributed by atoms with Gasteiger partial charge in [0.15, 0.2) is 0 Å². The normalized spacial score (nSPS) is 17.2. The maximum atomic E-state index is 4.36. The molecule has 1 aliphatic rings. The van der Waals surface area contributed by atoms with Gasteiger partial charge in [0.25, 0.3) is 0 Å². The second-order valence-electron chi connectivity index (χ2n) is 3.71. The van der Waals surface area contributed by atoms with Crippen molar-refractivity contribution in [1.29, 1.82) is 0 Å². The molecule has 0 amide bonds. The lowest BCUT2D eigenvalue weighted by molar-refractivity contribution is 0.592. The molecule has 3 rings (SSSR count). The quantitative estimate of drug-likeness (QED) is 0.791. The summed E-state index contributed by atoms with van der Waals surface area (Å²) in [5.41, 5.74) is 1.12. The van der Waals surface area contributed by atoms with Gasteiger partial charge in [-0.15, -0.1) is 11.3 Å². The van der Waals surface area contributed by atoms with E-state index in [0.717, 1.165) is 31.7 Å². The molecule has 0 saturated carbocycles. The van der Waals surface area contributed by atoms with Crippen molar-refractivity contribution in [3.63, 3.8) is 0 Å². The first-order valence-electron chi connectivity index (χ1n) is 5.24. The average molecular weight is 219 g/mol. The third-order valence-corrected chi connectivity index (χ3v) is 3.85. The van der Waals surface area contributed by atoms with Crippen LogP contribution in [0, 0.1) is 0 Å². The molecule has 1 N–H and O–H groups in total. The van der Waals surface area contributed by atoms with Crippen molar-refractivity contribution in [2.45, 2.75) is 0 Å². The molecule has 1 fully saturated rings. The van der Waals surface area contributed by atoms with Crippen LogP contribution in [0.2, 0.25) is 0 Å². The molecule has 1 saturated heterocycles. The molecular formula is C11H13N3S. The Bertz CT molecular complexity index is 427. The fourth-order valence-corrected chi connectivity index (χ4v) is 2.97. The summed E-state index contributed by atoms with van der Waals surface area (Å²) in [5.74, 6) is 0. The van der Waals surface area contributed by atoms with Crippen molar-refractivity contribution >= 4 is 26.6 Å². The van der Waals surface area contributed by atoms with Crippen LogP contribution in [0.3, 0.4) is 0 Å². The molecule has 0 radical (unpaired) electrons. The Hall–Kier alpha value is -1.13. The number of thiophene rings is 1. The first-order valence-corrected chi connectivity index (χ1v) is 6.05. The Morgan fingerprint density at radius 3 is 3.00 bits per heavy atom. The molecule has 0 bridgehead atoms. The second kappa shape index (κ2) is 3.79. The molecule has 4 heteroatoms. The van der Waals surface area contributed by atoms with Crippen LogP contribution in [0.5, 0.6) is 0 Å². The van der Waals surface area contributed by atoms with E-state index in [1.54, 1.807) is 0 Å². The summed E-state index contributed by atoms with van der Waals surface area (Å²) in [4.78, 5) is 6.80. The highest BCUT2D eigenvalue weighted by atomic mass is 32.1. The zero-order valence-electron chi connectivity index (χ0n) is 8.44. The van der Waals surface area contributed by atoms with Crippen molar-refractivity contribution in [2.75, 3.05) is 31.1 Å². The average Bonchev–Trinajstić information content (AvgIpc) is 2.74. The first-order chi connectivity index (χ1) is 7.43. The summed E-state index contributed by atoms with van der Waals surface area (Å²) in [5, 5.41) is 4.72. The third kappa shape index (κ3) is 1.70. The van der Waals surface area contributed by atoms with Crippen molar-refractivity contribution in [3.8, 4) is 0 Å². The molecule has 3 heterocycles. The number of nitrogens with one attached hydrogen (secondary N) is 1. The van der Waals surface area contributed by atoms with Crippen LogP contribution in [0.4, 0.5) is 5.00 Å². The monoisotopic (exact) mass is 219 g/mol. The van der Waals surface area contributed by atoms with Crippen LogP contribution in [-0.4, -0.2) is 31.2 Å². The number of hydrogen-bond donors (Lipinski definition) is 1. The molecule has 0 aliphatic carbocycles. The van der Waals surface area contributed by atoms with Gasteiger partial charge in [0.05, 0.1) is 15.2 Å². The lowest BCUT2D eigenvalue weighted by Gasteiger charge is -2.27. The van der Waals surface area contributed by atoms with E-state index in [0.29, 0.717) is 0 Å². The highest BCUT2D eigenvalue weighted by molar-refractivity contribution is 7.22. The van der Waals surface area contributed by atoms with Crippen molar-refractivity contribution < 1.29 is 0 Å². The Balaban J connectivity index is 1.96. The van der Waals surface area contributed by atoms with E-state index in [1.165, 1.54) is 9.70 Å². The summed E-state index contributed by atoms with van der Waals surface area (Å²) >= 11 is 1.84. The van der Waals surface area contributed by atoms with Crippen molar-refractivity contribution in [1.82, 2.24) is 10.3 Å². The number of piperazine rings is 1. The van der Waals surface area contributed by atoms with Crippen molar-refractivity contribution in [3.05, 3.63) is 24.4 Å². The van der Waals surface area contributed by atoms with Crippen LogP contribution in [0.15, 0.2) is 24.4 Å². The summed E-state index contributed by atoms with van der Waals surface area (Å²) in [6, 6.07) is 6.34. The van der Waals surface area contributed by atoms with E-state index >= 15 is 0 Å². The molecule has 0 spiro atoms. The molecule has 0 aromatic carbocycles. The van der Waals surface area contributed by atoms with Gasteiger partial charge in [-0.2, -0.15) is 0 Å². The highest BCUT2D eigenvalue weighted by Crippen LogP contribution is 2.31. The number of nitrogens with zero attached hydrogens (tertiary/aromatic N) is 2. The molecular weight excluding hydrogens is 206 g/mol. The van der Waals surface area contributed by atoms with Gasteiger partial charge in [-0.1, -0.05) is 0 Å². The molecule has 78 valence electrons. The fourth-order valence-electron chi connectivity index (χ4n) is 1.90. The molecule has 15 heavy (non-hydrogen) atoms. The van der Waals surface area contributed by atoms with Gasteiger partial charge in [0.2, 0.25) is 0 Å². The van der Waals surface area contributed by atoms with Crippen LogP contribution in [0.25, 0.3) is 10.2 Å². The molecule has 0 unspecified atom stereocenters. The molecule has 3 nitrogen and oxygen atoms in total. The van der Waals surface area contributed by atoms with Crippen LogP contribution in [-0.2, 0) is 0 Å². The minimum Gasteiger partial charge on any atom is -0.361 e. The first kappa shape index (κ1) is 9.12. The zero-order valence-corrected chi connectivity index (χ0v) is 9.26. The van der Waals surface area contributed by atoms with Crippen LogP contribution < -0.4 is 10.2 Å². The lowest BCUT2D eigenvalue weighted by atomic mass is 10.3. The second-order valence-corrected chi connectivity index (χ2v) is 4.77. The number of pyridine rings is 1. The van der Waals surface area contributed by atoms with Gasteiger partial charge in [0.1, 0.15) is 0 Å². The predicted molar refractivity (Wildman–Crippen MR) is 64.7 cm³/mol. The fraction of sp³-hybridized carbons (Fsp3) is 0.364. The summed E-state index contributed by atoms with van der Waals surface area (Å²) in [7, 11) is 0. The minimum absolute atomic E-state index is 1.08. The number of anilines is 1. The Morgan fingerprint density at radius 2 is 2.20 bits per heavy atom. The van der Waals surface area contributed by atoms with E-state index in [9.17, 15) is 0 Å². The summed E-state index contributed by atoms with van der Waals surface area (Å²) in [6.45, 7) is 4.38. The molecule has 1 aliphatic heterocycles. The third-order valence-electron chi connectivity index (χ3n) is 2.70. The van der Waals surface area contributed by atoms with E-state index in [2.05, 4.69) is 27.3 Å². The largest absolute Gasteiger partial charge is 0.361 e. The smallest absolute Gasteiger partial charge is 0.0938 e. The minimum atomic E-state index is 1.08. The number of fused-ring (bicyclic) bond motifs is 1. The van der Waals surface area contributed by atoms with Gasteiger partial charge in [-0.25, -0.2) is 0 Å². The zero-order chi connectivity index (χ0) is 10.1. The summed E-state index contributed by atoms with van der Waals surface area (Å²) in [6.07, 6.45) is 1.86. The van der Waals surface area contributed by atoms with E-state index < -0.39 is 0 Å².